The van der Waals surface area contributed by atoms with Crippen LogP contribution in [-0.2, 0) is 6.54 Å². The molecule has 0 atom stereocenters. The molecule has 0 spiro atoms. The van der Waals surface area contributed by atoms with Gasteiger partial charge in [0.2, 0.25) is 5.89 Å². The number of nitrogens with zero attached hydrogens (tertiary/aromatic N) is 3. The van der Waals surface area contributed by atoms with Gasteiger partial charge in [0.15, 0.2) is 5.76 Å². The fourth-order valence-electron chi connectivity index (χ4n) is 2.27. The van der Waals surface area contributed by atoms with Gasteiger partial charge in [0.05, 0.1) is 12.8 Å². The zero-order valence-electron chi connectivity index (χ0n) is 12.8. The van der Waals surface area contributed by atoms with Crippen LogP contribution in [0.25, 0.3) is 23.1 Å². The molecule has 3 heterocycles. The molecule has 0 unspecified atom stereocenters. The first-order chi connectivity index (χ1) is 11.7. The van der Waals surface area contributed by atoms with E-state index in [1.54, 1.807) is 12.1 Å². The highest BCUT2D eigenvalue weighted by molar-refractivity contribution is 5.53. The molecule has 120 valence electrons. The number of furan rings is 1. The molecule has 0 aliphatic carbocycles. The molecule has 0 N–H and O–H groups in total. The minimum Gasteiger partial charge on any atom is -0.459 e. The monoisotopic (exact) mass is 323 g/mol. The van der Waals surface area contributed by atoms with Gasteiger partial charge in [-0.15, -0.1) is 5.10 Å². The number of aromatic nitrogens is 3. The van der Waals surface area contributed by atoms with Gasteiger partial charge in [-0.1, -0.05) is 17.7 Å². The smallest absolute Gasteiger partial charge is 0.437 e. The lowest BCUT2D eigenvalue weighted by Gasteiger charge is -1.95. The van der Waals surface area contributed by atoms with E-state index < -0.39 is 5.76 Å². The molecule has 4 rings (SSSR count). The van der Waals surface area contributed by atoms with E-state index in [9.17, 15) is 4.79 Å². The molecule has 0 amide bonds. The first-order valence-corrected chi connectivity index (χ1v) is 7.32. The maximum Gasteiger partial charge on any atom is 0.437 e. The molecule has 24 heavy (non-hydrogen) atoms. The second kappa shape index (κ2) is 5.69. The molecule has 0 bridgehead atoms. The van der Waals surface area contributed by atoms with Crippen molar-refractivity contribution in [2.24, 2.45) is 0 Å². The molecule has 0 radical (unpaired) electrons. The fraction of sp³-hybridized carbons (Fsp3) is 0.118. The molecule has 0 saturated heterocycles. The third kappa shape index (κ3) is 2.67. The summed E-state index contributed by atoms with van der Waals surface area (Å²) >= 11 is 0. The quantitative estimate of drug-likeness (QED) is 0.573. The minimum atomic E-state index is -0.582. The molecule has 1 aromatic carbocycles. The second-order valence-electron chi connectivity index (χ2n) is 5.32. The zero-order chi connectivity index (χ0) is 16.5. The highest BCUT2D eigenvalue weighted by Gasteiger charge is 2.14. The van der Waals surface area contributed by atoms with Crippen molar-refractivity contribution in [2.75, 3.05) is 0 Å². The molecule has 7 heteroatoms. The van der Waals surface area contributed by atoms with Crippen LogP contribution in [0.3, 0.4) is 0 Å². The summed E-state index contributed by atoms with van der Waals surface area (Å²) < 4.78 is 16.9. The Morgan fingerprint density at radius 3 is 2.67 bits per heavy atom. The molecule has 3 aromatic heterocycles. The number of aryl methyl sites for hydroxylation is 1. The van der Waals surface area contributed by atoms with Crippen LogP contribution < -0.4 is 5.76 Å². The molecule has 7 nitrogen and oxygen atoms in total. The molecule has 0 saturated carbocycles. The lowest BCUT2D eigenvalue weighted by atomic mass is 10.1. The van der Waals surface area contributed by atoms with Crippen molar-refractivity contribution in [1.29, 1.82) is 0 Å². The average Bonchev–Trinajstić information content (AvgIpc) is 3.31. The average molecular weight is 323 g/mol. The molecule has 0 aliphatic heterocycles. The highest BCUT2D eigenvalue weighted by Crippen LogP contribution is 2.20. The van der Waals surface area contributed by atoms with Gasteiger partial charge >= 0.3 is 5.76 Å². The van der Waals surface area contributed by atoms with Crippen molar-refractivity contribution >= 4 is 0 Å². The summed E-state index contributed by atoms with van der Waals surface area (Å²) in [6.07, 6.45) is 2.99. The van der Waals surface area contributed by atoms with Crippen molar-refractivity contribution in [2.45, 2.75) is 13.5 Å². The number of hydrogen-bond acceptors (Lipinski definition) is 6. The van der Waals surface area contributed by atoms with E-state index in [1.165, 1.54) is 17.2 Å². The van der Waals surface area contributed by atoms with Crippen LogP contribution in [0.15, 0.2) is 67.0 Å². The Morgan fingerprint density at radius 2 is 1.92 bits per heavy atom. The van der Waals surface area contributed by atoms with Crippen LogP contribution in [-0.4, -0.2) is 14.8 Å². The molecular formula is C17H13N3O4. The van der Waals surface area contributed by atoms with Crippen LogP contribution in [0.5, 0.6) is 0 Å². The standard InChI is InChI=1S/C17H13N3O4/c1-11-4-6-12(7-5-11)15-18-13(10-23-15)9-20-17(21)24-16(19-20)14-3-2-8-22-14/h2-8,10H,9H2,1H3. The van der Waals surface area contributed by atoms with Gasteiger partial charge in [0, 0.05) is 5.56 Å². The Hall–Kier alpha value is -3.35. The van der Waals surface area contributed by atoms with Crippen LogP contribution in [0, 0.1) is 6.92 Å². The van der Waals surface area contributed by atoms with Gasteiger partial charge in [-0.3, -0.25) is 0 Å². The largest absolute Gasteiger partial charge is 0.459 e. The Balaban J connectivity index is 1.58. The van der Waals surface area contributed by atoms with Gasteiger partial charge in [0.1, 0.15) is 12.0 Å². The molecule has 0 fully saturated rings. The Labute approximate surface area is 136 Å². The van der Waals surface area contributed by atoms with Gasteiger partial charge in [-0.05, 0) is 31.2 Å². The summed E-state index contributed by atoms with van der Waals surface area (Å²) in [6.45, 7) is 2.16. The Kier molecular flexibility index (Phi) is 3.38. The minimum absolute atomic E-state index is 0.132. The first-order valence-electron chi connectivity index (χ1n) is 7.32. The van der Waals surface area contributed by atoms with Gasteiger partial charge in [0.25, 0.3) is 5.89 Å². The Bertz CT molecular complexity index is 1010. The first kappa shape index (κ1) is 14.3. The fourth-order valence-corrected chi connectivity index (χ4v) is 2.27. The molecule has 0 aliphatic rings. The van der Waals surface area contributed by atoms with E-state index in [2.05, 4.69) is 10.1 Å². The van der Waals surface area contributed by atoms with E-state index in [-0.39, 0.29) is 12.4 Å². The van der Waals surface area contributed by atoms with Crippen LogP contribution in [0.1, 0.15) is 11.3 Å². The van der Waals surface area contributed by atoms with Crippen LogP contribution in [0.4, 0.5) is 0 Å². The second-order valence-corrected chi connectivity index (χ2v) is 5.32. The third-order valence-corrected chi connectivity index (χ3v) is 3.50. The van der Waals surface area contributed by atoms with Gasteiger partial charge in [-0.2, -0.15) is 4.68 Å². The summed E-state index contributed by atoms with van der Waals surface area (Å²) in [7, 11) is 0. The van der Waals surface area contributed by atoms with E-state index >= 15 is 0 Å². The van der Waals surface area contributed by atoms with Crippen molar-refractivity contribution in [1.82, 2.24) is 14.8 Å². The topological polar surface area (TPSA) is 87.2 Å². The van der Waals surface area contributed by atoms with E-state index in [0.29, 0.717) is 17.3 Å². The van der Waals surface area contributed by atoms with Crippen molar-refractivity contribution in [3.8, 4) is 23.1 Å². The van der Waals surface area contributed by atoms with Crippen LogP contribution >= 0.6 is 0 Å². The summed E-state index contributed by atoms with van der Waals surface area (Å²) in [5, 5.41) is 4.10. The number of benzene rings is 1. The summed E-state index contributed by atoms with van der Waals surface area (Å²) in [5.41, 5.74) is 2.60. The summed E-state index contributed by atoms with van der Waals surface area (Å²) in [6, 6.07) is 11.2. The van der Waals surface area contributed by atoms with Crippen molar-refractivity contribution < 1.29 is 13.3 Å². The van der Waals surface area contributed by atoms with Crippen LogP contribution in [0.2, 0.25) is 0 Å². The normalized spacial score (nSPS) is 11.0. The highest BCUT2D eigenvalue weighted by atomic mass is 16.4. The van der Waals surface area contributed by atoms with Gasteiger partial charge < -0.3 is 13.3 Å². The number of hydrogen-bond donors (Lipinski definition) is 0. The SMILES string of the molecule is Cc1ccc(-c2nc(Cn3nc(-c4ccco4)oc3=O)co2)cc1. The predicted molar refractivity (Wildman–Crippen MR) is 84.2 cm³/mol. The molecular weight excluding hydrogens is 310 g/mol. The molecule has 4 aromatic rings. The van der Waals surface area contributed by atoms with E-state index in [4.69, 9.17) is 13.3 Å². The zero-order valence-corrected chi connectivity index (χ0v) is 12.8. The number of oxazole rings is 1. The maximum atomic E-state index is 11.9. The summed E-state index contributed by atoms with van der Waals surface area (Å²) in [4.78, 5) is 16.3. The van der Waals surface area contributed by atoms with Gasteiger partial charge in [-0.25, -0.2) is 9.78 Å². The van der Waals surface area contributed by atoms with E-state index in [1.807, 2.05) is 31.2 Å². The maximum absolute atomic E-state index is 11.9. The summed E-state index contributed by atoms with van der Waals surface area (Å²) in [5.74, 6) is 0.438. The Morgan fingerprint density at radius 1 is 1.08 bits per heavy atom. The number of rotatable bonds is 4. The third-order valence-electron chi connectivity index (χ3n) is 3.50. The lowest BCUT2D eigenvalue weighted by molar-refractivity contribution is 0.475. The van der Waals surface area contributed by atoms with Crippen molar-refractivity contribution in [3.63, 3.8) is 0 Å². The van der Waals surface area contributed by atoms with Crippen molar-refractivity contribution in [3.05, 3.63) is 70.7 Å². The van der Waals surface area contributed by atoms with E-state index in [0.717, 1.165) is 11.1 Å². The predicted octanol–water partition coefficient (Wildman–Crippen LogP) is 3.11. The lowest BCUT2D eigenvalue weighted by Crippen LogP contribution is -2.16.